The number of carbonyl (C=O) groups is 2. The van der Waals surface area contributed by atoms with Gasteiger partial charge in [0.15, 0.2) is 5.76 Å². The van der Waals surface area contributed by atoms with E-state index < -0.39 is 11.9 Å². The second-order valence-corrected chi connectivity index (χ2v) is 7.98. The molecule has 2 heterocycles. The van der Waals surface area contributed by atoms with Crippen molar-refractivity contribution in [1.82, 2.24) is 4.90 Å². The molecule has 1 aromatic carbocycles. The molecular weight excluding hydrogens is 358 g/mol. The largest absolute Gasteiger partial charge is 0.485 e. The van der Waals surface area contributed by atoms with Crippen LogP contribution in [-0.4, -0.2) is 35.0 Å². The molecule has 148 valence electrons. The summed E-state index contributed by atoms with van der Waals surface area (Å²) in [7, 11) is 0. The van der Waals surface area contributed by atoms with Gasteiger partial charge in [0.1, 0.15) is 18.1 Å². The van der Waals surface area contributed by atoms with Crippen molar-refractivity contribution < 1.29 is 23.8 Å². The highest BCUT2D eigenvalue weighted by Crippen LogP contribution is 2.44. The third kappa shape index (κ3) is 3.77. The molecule has 6 heteroatoms. The maximum atomic E-state index is 12.8. The third-order valence-electron chi connectivity index (χ3n) is 5.77. The van der Waals surface area contributed by atoms with E-state index in [1.165, 1.54) is 5.56 Å². The summed E-state index contributed by atoms with van der Waals surface area (Å²) in [6, 6.07) is 9.34. The molecule has 1 N–H and O–H groups in total. The lowest BCUT2D eigenvalue weighted by Gasteiger charge is -2.14. The molecule has 2 aliphatic rings. The van der Waals surface area contributed by atoms with Crippen LogP contribution in [-0.2, 0) is 11.4 Å². The second kappa shape index (κ2) is 7.34. The van der Waals surface area contributed by atoms with Crippen molar-refractivity contribution in [3.63, 3.8) is 0 Å². The topological polar surface area (TPSA) is 80.0 Å². The van der Waals surface area contributed by atoms with Crippen molar-refractivity contribution >= 4 is 11.9 Å². The first-order chi connectivity index (χ1) is 13.4. The fraction of sp³-hybridized carbons (Fsp3) is 0.455. The summed E-state index contributed by atoms with van der Waals surface area (Å²) in [6.45, 7) is 5.00. The highest BCUT2D eigenvalue weighted by atomic mass is 16.5. The fourth-order valence-electron chi connectivity index (χ4n) is 4.09. The molecule has 0 bridgehead atoms. The van der Waals surface area contributed by atoms with E-state index in [0.717, 1.165) is 24.2 Å². The normalized spacial score (nSPS) is 21.7. The van der Waals surface area contributed by atoms with E-state index in [-0.39, 0.29) is 30.7 Å². The van der Waals surface area contributed by atoms with Gasteiger partial charge in [-0.25, -0.2) is 0 Å². The quantitative estimate of drug-likeness (QED) is 0.823. The Morgan fingerprint density at radius 1 is 1.18 bits per heavy atom. The Bertz CT molecular complexity index is 898. The number of carbonyl (C=O) groups excluding carboxylic acids is 1. The summed E-state index contributed by atoms with van der Waals surface area (Å²) in [5, 5.41) is 9.47. The monoisotopic (exact) mass is 383 g/mol. The van der Waals surface area contributed by atoms with E-state index in [9.17, 15) is 14.7 Å². The molecule has 28 heavy (non-hydrogen) atoms. The van der Waals surface area contributed by atoms with Gasteiger partial charge in [0, 0.05) is 13.1 Å². The van der Waals surface area contributed by atoms with Gasteiger partial charge in [-0.05, 0) is 62.3 Å². The second-order valence-electron chi connectivity index (χ2n) is 7.98. The number of ether oxygens (including phenoxy) is 1. The van der Waals surface area contributed by atoms with Crippen molar-refractivity contribution in [2.24, 2.45) is 17.8 Å². The molecule has 2 aromatic rings. The lowest BCUT2D eigenvalue weighted by molar-refractivity contribution is -0.142. The lowest BCUT2D eigenvalue weighted by Crippen LogP contribution is -2.29. The molecular formula is C22H25NO5. The Kier molecular flexibility index (Phi) is 4.87. The zero-order valence-electron chi connectivity index (χ0n) is 16.2. The number of furan rings is 1. The summed E-state index contributed by atoms with van der Waals surface area (Å²) in [6.07, 6.45) is 2.13. The van der Waals surface area contributed by atoms with E-state index in [1.54, 1.807) is 17.0 Å². The van der Waals surface area contributed by atoms with Crippen LogP contribution < -0.4 is 4.74 Å². The predicted molar refractivity (Wildman–Crippen MR) is 102 cm³/mol. The van der Waals surface area contributed by atoms with E-state index in [1.807, 2.05) is 26.0 Å². The van der Waals surface area contributed by atoms with Crippen LogP contribution in [0, 0.1) is 31.6 Å². The van der Waals surface area contributed by atoms with Crippen LogP contribution in [0.15, 0.2) is 34.7 Å². The molecule has 2 fully saturated rings. The summed E-state index contributed by atoms with van der Waals surface area (Å²) >= 11 is 0. The summed E-state index contributed by atoms with van der Waals surface area (Å²) in [4.78, 5) is 25.9. The van der Waals surface area contributed by atoms with Gasteiger partial charge in [-0.2, -0.15) is 0 Å². The first-order valence-electron chi connectivity index (χ1n) is 9.73. The number of nitrogens with zero attached hydrogens (tertiary/aromatic N) is 1. The number of aryl methyl sites for hydroxylation is 2. The molecule has 0 radical (unpaired) electrons. The van der Waals surface area contributed by atoms with Gasteiger partial charge in [0.25, 0.3) is 5.91 Å². The van der Waals surface area contributed by atoms with Crippen molar-refractivity contribution in [2.45, 2.75) is 33.3 Å². The Morgan fingerprint density at radius 2 is 1.96 bits per heavy atom. The molecule has 1 aliphatic heterocycles. The first-order valence-corrected chi connectivity index (χ1v) is 9.73. The minimum atomic E-state index is -0.811. The van der Waals surface area contributed by atoms with Gasteiger partial charge in [0.05, 0.1) is 5.92 Å². The third-order valence-corrected chi connectivity index (χ3v) is 5.77. The Labute approximate surface area is 164 Å². The molecule has 1 aliphatic carbocycles. The number of benzene rings is 1. The number of rotatable bonds is 6. The van der Waals surface area contributed by atoms with Crippen molar-refractivity contribution in [1.29, 1.82) is 0 Å². The van der Waals surface area contributed by atoms with Crippen molar-refractivity contribution in [3.05, 3.63) is 53.0 Å². The molecule has 4 rings (SSSR count). The fourth-order valence-corrected chi connectivity index (χ4v) is 4.09. The molecule has 0 spiro atoms. The summed E-state index contributed by atoms with van der Waals surface area (Å²) in [5.74, 6) is 0.558. The van der Waals surface area contributed by atoms with E-state index in [4.69, 9.17) is 9.15 Å². The molecule has 6 nitrogen and oxygen atoms in total. The van der Waals surface area contributed by atoms with Crippen molar-refractivity contribution in [2.75, 3.05) is 13.1 Å². The van der Waals surface area contributed by atoms with Gasteiger partial charge < -0.3 is 19.2 Å². The molecule has 1 saturated heterocycles. The standard InChI is InChI=1S/C22H25NO5/c1-13-3-7-19(14(2)9-13)27-12-16-6-8-20(28-16)21(24)23-10-17(15-4-5-15)18(11-23)22(25)26/h3,6-9,15,17-18H,4-5,10-12H2,1-2H3,(H,25,26)/t17-,18+/m0/s1. The van der Waals surface area contributed by atoms with Gasteiger partial charge in [0.2, 0.25) is 0 Å². The lowest BCUT2D eigenvalue weighted by atomic mass is 9.92. The number of carboxylic acid groups (broad SMARTS) is 1. The van der Waals surface area contributed by atoms with Gasteiger partial charge >= 0.3 is 5.97 Å². The number of likely N-dealkylation sites (tertiary alicyclic amines) is 1. The summed E-state index contributed by atoms with van der Waals surface area (Å²) < 4.78 is 11.5. The van der Waals surface area contributed by atoms with E-state index in [2.05, 4.69) is 6.07 Å². The number of hydrogen-bond donors (Lipinski definition) is 1. The minimum Gasteiger partial charge on any atom is -0.485 e. The van der Waals surface area contributed by atoms with Crippen LogP contribution in [0.5, 0.6) is 5.75 Å². The number of carboxylic acids is 1. The molecule has 1 saturated carbocycles. The SMILES string of the molecule is Cc1ccc(OCc2ccc(C(=O)N3C[C@@H](C(=O)O)[C@H](C4CC4)C3)o2)c(C)c1. The smallest absolute Gasteiger partial charge is 0.308 e. The zero-order valence-corrected chi connectivity index (χ0v) is 16.2. The number of amides is 1. The van der Waals surface area contributed by atoms with Gasteiger partial charge in [-0.3, -0.25) is 9.59 Å². The van der Waals surface area contributed by atoms with Crippen molar-refractivity contribution in [3.8, 4) is 5.75 Å². The van der Waals surface area contributed by atoms with Gasteiger partial charge in [-0.15, -0.1) is 0 Å². The van der Waals surface area contributed by atoms with E-state index >= 15 is 0 Å². The number of hydrogen-bond acceptors (Lipinski definition) is 4. The number of aliphatic carboxylic acids is 1. The first kappa shape index (κ1) is 18.6. The van der Waals surface area contributed by atoms with Crippen LogP contribution in [0.1, 0.15) is 40.3 Å². The molecule has 0 unspecified atom stereocenters. The molecule has 1 aromatic heterocycles. The van der Waals surface area contributed by atoms with Gasteiger partial charge in [-0.1, -0.05) is 17.7 Å². The predicted octanol–water partition coefficient (Wildman–Crippen LogP) is 3.66. The van der Waals surface area contributed by atoms with Crippen LogP contribution in [0.25, 0.3) is 0 Å². The molecule has 1 amide bonds. The maximum absolute atomic E-state index is 12.8. The van der Waals surface area contributed by atoms with Crippen LogP contribution in [0.3, 0.4) is 0 Å². The Morgan fingerprint density at radius 3 is 2.64 bits per heavy atom. The van der Waals surface area contributed by atoms with Crippen LogP contribution in [0.4, 0.5) is 0 Å². The molecule has 2 atom stereocenters. The van der Waals surface area contributed by atoms with Crippen LogP contribution >= 0.6 is 0 Å². The Balaban J connectivity index is 1.39. The summed E-state index contributed by atoms with van der Waals surface area (Å²) in [5.41, 5.74) is 2.22. The van der Waals surface area contributed by atoms with Crippen LogP contribution in [0.2, 0.25) is 0 Å². The van der Waals surface area contributed by atoms with E-state index in [0.29, 0.717) is 18.2 Å². The average Bonchev–Trinajstić information content (AvgIpc) is 3.22. The maximum Gasteiger partial charge on any atom is 0.308 e. The minimum absolute atomic E-state index is 0.0590. The highest BCUT2D eigenvalue weighted by molar-refractivity contribution is 5.92. The highest BCUT2D eigenvalue weighted by Gasteiger charge is 2.47. The Hall–Kier alpha value is -2.76. The zero-order chi connectivity index (χ0) is 19.8. The average molecular weight is 383 g/mol.